The molecule has 0 unspecified atom stereocenters. The van der Waals surface area contributed by atoms with Crippen molar-refractivity contribution in [2.45, 2.75) is 20.3 Å². The molecule has 1 fully saturated rings. The van der Waals surface area contributed by atoms with Crippen molar-refractivity contribution in [2.24, 2.45) is 0 Å². The van der Waals surface area contributed by atoms with Crippen molar-refractivity contribution in [1.82, 2.24) is 9.47 Å². The topological polar surface area (TPSA) is 75.6 Å². The molecule has 35 heavy (non-hydrogen) atoms. The Bertz CT molecular complexity index is 1220. The number of nitrogens with one attached hydrogen (secondary N) is 2. The second kappa shape index (κ2) is 11.0. The molecule has 0 aliphatic carbocycles. The molecule has 184 valence electrons. The van der Waals surface area contributed by atoms with E-state index in [9.17, 15) is 14.0 Å². The first-order chi connectivity index (χ1) is 16.8. The van der Waals surface area contributed by atoms with Crippen molar-refractivity contribution in [2.75, 3.05) is 43.5 Å². The van der Waals surface area contributed by atoms with Crippen molar-refractivity contribution in [3.05, 3.63) is 76.3 Å². The first-order valence-corrected chi connectivity index (χ1v) is 11.9. The first kappa shape index (κ1) is 24.9. The van der Waals surface area contributed by atoms with E-state index in [-0.39, 0.29) is 23.9 Å². The summed E-state index contributed by atoms with van der Waals surface area (Å²) in [5.41, 5.74) is 3.46. The second-order valence-electron chi connectivity index (χ2n) is 8.50. The Morgan fingerprint density at radius 3 is 2.46 bits per heavy atom. The van der Waals surface area contributed by atoms with Crippen molar-refractivity contribution in [1.29, 1.82) is 0 Å². The molecule has 1 aliphatic rings. The number of anilines is 2. The van der Waals surface area contributed by atoms with Crippen LogP contribution in [0.25, 0.3) is 5.69 Å². The van der Waals surface area contributed by atoms with Gasteiger partial charge in [-0.3, -0.25) is 14.5 Å². The normalized spacial score (nSPS) is 14.1. The highest BCUT2D eigenvalue weighted by atomic mass is 35.5. The van der Waals surface area contributed by atoms with E-state index in [2.05, 4.69) is 15.5 Å². The van der Waals surface area contributed by atoms with Gasteiger partial charge in [-0.25, -0.2) is 4.39 Å². The molecule has 0 radical (unpaired) electrons. The van der Waals surface area contributed by atoms with E-state index in [4.69, 9.17) is 16.3 Å². The van der Waals surface area contributed by atoms with Crippen LogP contribution in [0.5, 0.6) is 0 Å². The number of aryl methyl sites for hydroxylation is 1. The van der Waals surface area contributed by atoms with Crippen LogP contribution in [0, 0.1) is 19.7 Å². The summed E-state index contributed by atoms with van der Waals surface area (Å²) in [4.78, 5) is 27.5. The number of nitrogens with zero attached hydrogens (tertiary/aromatic N) is 2. The van der Waals surface area contributed by atoms with E-state index >= 15 is 0 Å². The third-order valence-corrected chi connectivity index (χ3v) is 6.27. The molecule has 0 saturated carbocycles. The molecular weight excluding hydrogens is 471 g/mol. The number of rotatable bonds is 7. The quantitative estimate of drug-likeness (QED) is 0.490. The number of halogens is 2. The third kappa shape index (κ3) is 6.08. The fourth-order valence-electron chi connectivity index (χ4n) is 4.17. The molecule has 0 bridgehead atoms. The molecule has 1 saturated heterocycles. The van der Waals surface area contributed by atoms with E-state index in [1.807, 2.05) is 30.5 Å². The lowest BCUT2D eigenvalue weighted by molar-refractivity contribution is -0.116. The van der Waals surface area contributed by atoms with E-state index < -0.39 is 5.82 Å². The number of benzene rings is 2. The van der Waals surface area contributed by atoms with Gasteiger partial charge >= 0.3 is 0 Å². The van der Waals surface area contributed by atoms with Crippen LogP contribution in [0.2, 0.25) is 5.02 Å². The summed E-state index contributed by atoms with van der Waals surface area (Å²) in [5, 5.41) is 6.06. The Morgan fingerprint density at radius 2 is 1.74 bits per heavy atom. The van der Waals surface area contributed by atoms with Crippen LogP contribution in [-0.2, 0) is 9.53 Å². The largest absolute Gasteiger partial charge is 0.379 e. The van der Waals surface area contributed by atoms with Crippen LogP contribution in [0.1, 0.15) is 28.2 Å². The lowest BCUT2D eigenvalue weighted by Gasteiger charge is -2.26. The highest BCUT2D eigenvalue weighted by Crippen LogP contribution is 2.25. The van der Waals surface area contributed by atoms with Crippen LogP contribution in [0.15, 0.2) is 48.5 Å². The van der Waals surface area contributed by atoms with Gasteiger partial charge < -0.3 is 19.9 Å². The number of amides is 2. The molecule has 0 atom stereocenters. The lowest BCUT2D eigenvalue weighted by atomic mass is 10.2. The summed E-state index contributed by atoms with van der Waals surface area (Å²) in [7, 11) is 0. The summed E-state index contributed by atoms with van der Waals surface area (Å²) in [6.45, 7) is 7.22. The number of carbonyl (C=O) groups is 2. The fourth-order valence-corrected chi connectivity index (χ4v) is 4.30. The van der Waals surface area contributed by atoms with Gasteiger partial charge in [0.25, 0.3) is 5.91 Å². The standard InChI is InChI=1S/C26H28ClFN4O3/c1-17-15-22(18(2)32(17)21-6-3-19(27)4-7-21)26(34)29-20-5-8-23(28)24(16-20)30-25(33)9-10-31-11-13-35-14-12-31/h3-8,15-16H,9-14H2,1-2H3,(H,29,34)(H,30,33). The zero-order chi connectivity index (χ0) is 24.9. The minimum atomic E-state index is -0.566. The number of aromatic nitrogens is 1. The Hall–Kier alpha value is -3.20. The molecule has 9 heteroatoms. The molecule has 1 aromatic heterocycles. The smallest absolute Gasteiger partial charge is 0.257 e. The van der Waals surface area contributed by atoms with Gasteiger partial charge in [-0.1, -0.05) is 11.6 Å². The lowest BCUT2D eigenvalue weighted by Crippen LogP contribution is -2.38. The number of morpholine rings is 1. The highest BCUT2D eigenvalue weighted by molar-refractivity contribution is 6.30. The summed E-state index contributed by atoms with van der Waals surface area (Å²) in [5.74, 6) is -1.18. The maximum Gasteiger partial charge on any atom is 0.257 e. The second-order valence-corrected chi connectivity index (χ2v) is 8.93. The molecule has 7 nitrogen and oxygen atoms in total. The molecule has 0 spiro atoms. The molecule has 2 heterocycles. The molecule has 2 amide bonds. The number of ether oxygens (including phenoxy) is 1. The summed E-state index contributed by atoms with van der Waals surface area (Å²) in [6.07, 6.45) is 0.243. The molecule has 3 aromatic rings. The molecule has 2 aromatic carbocycles. The average molecular weight is 499 g/mol. The van der Waals surface area contributed by atoms with E-state index in [1.54, 1.807) is 18.2 Å². The number of hydrogen-bond acceptors (Lipinski definition) is 4. The Labute approximate surface area is 208 Å². The molecule has 4 rings (SSSR count). The zero-order valence-corrected chi connectivity index (χ0v) is 20.5. The van der Waals surface area contributed by atoms with Gasteiger partial charge in [-0.15, -0.1) is 0 Å². The van der Waals surface area contributed by atoms with Gasteiger partial charge in [0.15, 0.2) is 0 Å². The van der Waals surface area contributed by atoms with Gasteiger partial charge in [-0.2, -0.15) is 0 Å². The monoisotopic (exact) mass is 498 g/mol. The predicted octanol–water partition coefficient (Wildman–Crippen LogP) is 4.80. The van der Waals surface area contributed by atoms with E-state index in [0.29, 0.717) is 36.0 Å². The third-order valence-electron chi connectivity index (χ3n) is 6.02. The fraction of sp³-hybridized carbons (Fsp3) is 0.308. The summed E-state index contributed by atoms with van der Waals surface area (Å²) in [6, 6.07) is 13.3. The molecule has 1 aliphatic heterocycles. The zero-order valence-electron chi connectivity index (χ0n) is 19.7. The van der Waals surface area contributed by atoms with Crippen LogP contribution < -0.4 is 10.6 Å². The SMILES string of the molecule is Cc1cc(C(=O)Nc2ccc(F)c(NC(=O)CCN3CCOCC3)c2)c(C)n1-c1ccc(Cl)cc1. The summed E-state index contributed by atoms with van der Waals surface area (Å²) < 4.78 is 21.6. The highest BCUT2D eigenvalue weighted by Gasteiger charge is 2.18. The van der Waals surface area contributed by atoms with Crippen LogP contribution in [-0.4, -0.2) is 54.1 Å². The molecule has 2 N–H and O–H groups in total. The van der Waals surface area contributed by atoms with Crippen molar-refractivity contribution < 1.29 is 18.7 Å². The Balaban J connectivity index is 1.43. The van der Waals surface area contributed by atoms with Crippen molar-refractivity contribution in [3.8, 4) is 5.69 Å². The first-order valence-electron chi connectivity index (χ1n) is 11.5. The van der Waals surface area contributed by atoms with Crippen molar-refractivity contribution in [3.63, 3.8) is 0 Å². The van der Waals surface area contributed by atoms with Gasteiger partial charge in [0.05, 0.1) is 24.5 Å². The van der Waals surface area contributed by atoms with Crippen LogP contribution in [0.4, 0.5) is 15.8 Å². The average Bonchev–Trinajstić information content (AvgIpc) is 3.15. The van der Waals surface area contributed by atoms with E-state index in [0.717, 1.165) is 30.2 Å². The minimum absolute atomic E-state index is 0.0291. The predicted molar refractivity (Wildman–Crippen MR) is 135 cm³/mol. The molecular formula is C26H28ClFN4O3. The van der Waals surface area contributed by atoms with Crippen LogP contribution in [0.3, 0.4) is 0 Å². The van der Waals surface area contributed by atoms with Gasteiger partial charge in [0, 0.05) is 53.8 Å². The minimum Gasteiger partial charge on any atom is -0.379 e. The van der Waals surface area contributed by atoms with Crippen LogP contribution >= 0.6 is 11.6 Å². The van der Waals surface area contributed by atoms with Gasteiger partial charge in [-0.05, 0) is 62.4 Å². The number of carbonyl (C=O) groups excluding carboxylic acids is 2. The number of hydrogen-bond donors (Lipinski definition) is 2. The van der Waals surface area contributed by atoms with E-state index in [1.165, 1.54) is 18.2 Å². The Morgan fingerprint density at radius 1 is 1.03 bits per heavy atom. The summed E-state index contributed by atoms with van der Waals surface area (Å²) >= 11 is 6.00. The van der Waals surface area contributed by atoms with Gasteiger partial charge in [0.2, 0.25) is 5.91 Å². The van der Waals surface area contributed by atoms with Crippen molar-refractivity contribution >= 4 is 34.8 Å². The Kier molecular flexibility index (Phi) is 7.85. The van der Waals surface area contributed by atoms with Gasteiger partial charge in [0.1, 0.15) is 5.82 Å². The maximum atomic E-state index is 14.4. The maximum absolute atomic E-state index is 14.4.